The number of hydrogen-bond acceptors (Lipinski definition) is 3. The lowest BCUT2D eigenvalue weighted by molar-refractivity contribution is -0.131. The van der Waals surface area contributed by atoms with E-state index in [1.807, 2.05) is 24.5 Å². The van der Waals surface area contributed by atoms with E-state index in [9.17, 15) is 4.79 Å². The minimum Gasteiger partial charge on any atom is -0.497 e. The summed E-state index contributed by atoms with van der Waals surface area (Å²) >= 11 is 1.69. The molecule has 86 valence electrons. The van der Waals surface area contributed by atoms with Crippen molar-refractivity contribution in [1.82, 2.24) is 0 Å². The van der Waals surface area contributed by atoms with Crippen LogP contribution in [0.2, 0.25) is 0 Å². The third-order valence-corrected chi connectivity index (χ3v) is 2.66. The summed E-state index contributed by atoms with van der Waals surface area (Å²) < 4.78 is 5.13. The molecule has 0 aliphatic rings. The number of ether oxygens (including phenoxy) is 1. The predicted molar refractivity (Wildman–Crippen MR) is 66.9 cm³/mol. The molecule has 1 rings (SSSR count). The van der Waals surface area contributed by atoms with Gasteiger partial charge in [0.2, 0.25) is 0 Å². The molecule has 0 aliphatic carbocycles. The van der Waals surface area contributed by atoms with Crippen molar-refractivity contribution >= 4 is 23.8 Å². The van der Waals surface area contributed by atoms with Crippen LogP contribution in [0.4, 0.5) is 0 Å². The van der Waals surface area contributed by atoms with Crippen molar-refractivity contribution in [3.05, 3.63) is 35.4 Å². The molecule has 1 aromatic carbocycles. The maximum absolute atomic E-state index is 10.4. The van der Waals surface area contributed by atoms with E-state index in [0.29, 0.717) is 0 Å². The Morgan fingerprint density at radius 2 is 2.31 bits per heavy atom. The van der Waals surface area contributed by atoms with Crippen LogP contribution in [-0.2, 0) is 10.5 Å². The van der Waals surface area contributed by atoms with E-state index in [4.69, 9.17) is 9.84 Å². The highest BCUT2D eigenvalue weighted by Gasteiger charge is 2.02. The molecule has 3 nitrogen and oxygen atoms in total. The lowest BCUT2D eigenvalue weighted by Crippen LogP contribution is -1.91. The minimum absolute atomic E-state index is 0.788. The standard InChI is InChI=1S/C12H14O3S/c1-15-11-5-3-9(4-6-12(13)14)10(7-11)8-16-2/h3-7H,8H2,1-2H3,(H,13,14). The topological polar surface area (TPSA) is 46.5 Å². The molecule has 16 heavy (non-hydrogen) atoms. The second kappa shape index (κ2) is 6.23. The maximum Gasteiger partial charge on any atom is 0.328 e. The van der Waals surface area contributed by atoms with Gasteiger partial charge in [-0.2, -0.15) is 11.8 Å². The number of carboxylic acid groups (broad SMARTS) is 1. The van der Waals surface area contributed by atoms with Crippen molar-refractivity contribution in [3.8, 4) is 5.75 Å². The van der Waals surface area contributed by atoms with Gasteiger partial charge in [-0.05, 0) is 35.6 Å². The van der Waals surface area contributed by atoms with Crippen LogP contribution in [0.5, 0.6) is 5.75 Å². The molecule has 1 aromatic rings. The van der Waals surface area contributed by atoms with Crippen LogP contribution in [0.3, 0.4) is 0 Å². The second-order valence-electron chi connectivity index (χ2n) is 3.17. The van der Waals surface area contributed by atoms with Crippen LogP contribution < -0.4 is 4.74 Å². The van der Waals surface area contributed by atoms with E-state index < -0.39 is 5.97 Å². The fourth-order valence-electron chi connectivity index (χ4n) is 1.31. The predicted octanol–water partition coefficient (Wildman–Crippen LogP) is 2.66. The van der Waals surface area contributed by atoms with Gasteiger partial charge in [-0.1, -0.05) is 6.07 Å². The zero-order valence-corrected chi connectivity index (χ0v) is 10.1. The first-order valence-electron chi connectivity index (χ1n) is 4.74. The van der Waals surface area contributed by atoms with Crippen molar-refractivity contribution < 1.29 is 14.6 Å². The molecule has 1 N–H and O–H groups in total. The third kappa shape index (κ3) is 3.62. The van der Waals surface area contributed by atoms with Gasteiger partial charge in [-0.3, -0.25) is 0 Å². The van der Waals surface area contributed by atoms with Gasteiger partial charge in [-0.15, -0.1) is 0 Å². The molecule has 0 spiro atoms. The van der Waals surface area contributed by atoms with Gasteiger partial charge in [0.05, 0.1) is 7.11 Å². The molecule has 0 unspecified atom stereocenters. The Morgan fingerprint density at radius 3 is 2.88 bits per heavy atom. The maximum atomic E-state index is 10.4. The van der Waals surface area contributed by atoms with Crippen molar-refractivity contribution in [3.63, 3.8) is 0 Å². The van der Waals surface area contributed by atoms with Crippen molar-refractivity contribution in [2.75, 3.05) is 13.4 Å². The van der Waals surface area contributed by atoms with Crippen LogP contribution in [0.25, 0.3) is 6.08 Å². The zero-order valence-electron chi connectivity index (χ0n) is 9.27. The Labute approximate surface area is 99.1 Å². The van der Waals surface area contributed by atoms with E-state index in [2.05, 4.69) is 0 Å². The largest absolute Gasteiger partial charge is 0.497 e. The van der Waals surface area contributed by atoms with Crippen LogP contribution in [0, 0.1) is 0 Å². The SMILES string of the molecule is COc1ccc(C=CC(=O)O)c(CSC)c1. The Hall–Kier alpha value is -1.42. The van der Waals surface area contributed by atoms with Crippen LogP contribution in [0.1, 0.15) is 11.1 Å². The highest BCUT2D eigenvalue weighted by atomic mass is 32.2. The second-order valence-corrected chi connectivity index (χ2v) is 4.04. The summed E-state index contributed by atoms with van der Waals surface area (Å²) in [5.74, 6) is 0.679. The smallest absolute Gasteiger partial charge is 0.328 e. The highest BCUT2D eigenvalue weighted by molar-refractivity contribution is 7.97. The molecule has 0 atom stereocenters. The number of carbonyl (C=O) groups is 1. The zero-order chi connectivity index (χ0) is 12.0. The van der Waals surface area contributed by atoms with Crippen molar-refractivity contribution in [1.29, 1.82) is 0 Å². The lowest BCUT2D eigenvalue weighted by atomic mass is 10.1. The monoisotopic (exact) mass is 238 g/mol. The summed E-state index contributed by atoms with van der Waals surface area (Å²) in [5.41, 5.74) is 1.99. The summed E-state index contributed by atoms with van der Waals surface area (Å²) in [7, 11) is 1.62. The number of aliphatic carboxylic acids is 1. The summed E-state index contributed by atoms with van der Waals surface area (Å²) in [4.78, 5) is 10.4. The van der Waals surface area contributed by atoms with Crippen molar-refractivity contribution in [2.24, 2.45) is 0 Å². The average Bonchev–Trinajstić information content (AvgIpc) is 2.27. The van der Waals surface area contributed by atoms with Crippen molar-refractivity contribution in [2.45, 2.75) is 5.75 Å². The van der Waals surface area contributed by atoms with Gasteiger partial charge in [0.15, 0.2) is 0 Å². The Bertz CT molecular complexity index is 399. The van der Waals surface area contributed by atoms with Gasteiger partial charge in [0.25, 0.3) is 0 Å². The normalized spacial score (nSPS) is 10.6. The van der Waals surface area contributed by atoms with E-state index in [0.717, 1.165) is 28.7 Å². The van der Waals surface area contributed by atoms with Crippen LogP contribution >= 0.6 is 11.8 Å². The first kappa shape index (κ1) is 12.6. The van der Waals surface area contributed by atoms with Crippen LogP contribution in [0.15, 0.2) is 24.3 Å². The Kier molecular flexibility index (Phi) is 4.92. The molecule has 0 heterocycles. The van der Waals surface area contributed by atoms with E-state index in [1.54, 1.807) is 24.9 Å². The number of benzene rings is 1. The summed E-state index contributed by atoms with van der Waals surface area (Å²) in [6, 6.07) is 5.62. The number of thioether (sulfide) groups is 1. The Balaban J connectivity index is 3.02. The first-order valence-corrected chi connectivity index (χ1v) is 6.13. The van der Waals surface area contributed by atoms with E-state index in [-0.39, 0.29) is 0 Å². The van der Waals surface area contributed by atoms with E-state index >= 15 is 0 Å². The highest BCUT2D eigenvalue weighted by Crippen LogP contribution is 2.22. The molecular weight excluding hydrogens is 224 g/mol. The molecule has 0 saturated carbocycles. The molecular formula is C12H14O3S. The average molecular weight is 238 g/mol. The molecule has 4 heteroatoms. The number of hydrogen-bond donors (Lipinski definition) is 1. The van der Waals surface area contributed by atoms with Gasteiger partial charge >= 0.3 is 5.97 Å². The number of methoxy groups -OCH3 is 1. The summed E-state index contributed by atoms with van der Waals surface area (Å²) in [6.07, 6.45) is 4.75. The van der Waals surface area contributed by atoms with Gasteiger partial charge in [0.1, 0.15) is 5.75 Å². The van der Waals surface area contributed by atoms with Crippen LogP contribution in [-0.4, -0.2) is 24.4 Å². The minimum atomic E-state index is -0.939. The summed E-state index contributed by atoms with van der Waals surface area (Å²) in [6.45, 7) is 0. The fraction of sp³-hybridized carbons (Fsp3) is 0.250. The Morgan fingerprint density at radius 1 is 1.56 bits per heavy atom. The molecule has 0 amide bonds. The van der Waals surface area contributed by atoms with Gasteiger partial charge < -0.3 is 9.84 Å². The van der Waals surface area contributed by atoms with E-state index in [1.165, 1.54) is 0 Å². The molecule has 0 fully saturated rings. The molecule has 0 radical (unpaired) electrons. The lowest BCUT2D eigenvalue weighted by Gasteiger charge is -2.07. The van der Waals surface area contributed by atoms with Gasteiger partial charge in [0, 0.05) is 11.8 Å². The van der Waals surface area contributed by atoms with Gasteiger partial charge in [-0.25, -0.2) is 4.79 Å². The fourth-order valence-corrected chi connectivity index (χ4v) is 1.87. The molecule has 0 saturated heterocycles. The number of carboxylic acids is 1. The third-order valence-electron chi connectivity index (χ3n) is 2.06. The molecule has 0 aliphatic heterocycles. The number of rotatable bonds is 5. The molecule has 0 bridgehead atoms. The summed E-state index contributed by atoms with van der Waals surface area (Å²) in [5, 5.41) is 8.58. The first-order chi connectivity index (χ1) is 7.67. The quantitative estimate of drug-likeness (QED) is 0.801. The molecule has 0 aromatic heterocycles.